The molecule has 1 aromatic carbocycles. The molecule has 0 amide bonds. The molecular formula is C32H42F4. The lowest BCUT2D eigenvalue weighted by molar-refractivity contribution is 0.281. The SMILES string of the molecule is C=CCCCCC1C(=C)C=C(C2CCC(CCc3ccc(CCCCC)c(F)c3F)CC2)C(F)=C1F. The Labute approximate surface area is 215 Å². The predicted octanol–water partition coefficient (Wildman–Crippen LogP) is 10.4. The normalized spacial score (nSPS) is 22.6. The number of benzene rings is 1. The van der Waals surface area contributed by atoms with Crippen LogP contribution in [0.25, 0.3) is 0 Å². The molecule has 0 heterocycles. The maximum Gasteiger partial charge on any atom is 0.162 e. The zero-order chi connectivity index (χ0) is 26.1. The van der Waals surface area contributed by atoms with Crippen molar-refractivity contribution in [3.8, 4) is 0 Å². The molecule has 1 unspecified atom stereocenters. The second-order valence-electron chi connectivity index (χ2n) is 10.7. The molecule has 0 saturated heterocycles. The summed E-state index contributed by atoms with van der Waals surface area (Å²) in [6.45, 7) is 9.83. The van der Waals surface area contributed by atoms with E-state index in [1.807, 2.05) is 6.08 Å². The van der Waals surface area contributed by atoms with Crippen molar-refractivity contribution < 1.29 is 17.6 Å². The van der Waals surface area contributed by atoms with Crippen LogP contribution in [0.2, 0.25) is 0 Å². The Balaban J connectivity index is 1.51. The highest BCUT2D eigenvalue weighted by Crippen LogP contribution is 2.45. The third-order valence-electron chi connectivity index (χ3n) is 8.11. The van der Waals surface area contributed by atoms with E-state index in [0.29, 0.717) is 47.5 Å². The van der Waals surface area contributed by atoms with E-state index in [4.69, 9.17) is 0 Å². The lowest BCUT2D eigenvalue weighted by Crippen LogP contribution is -2.20. The predicted molar refractivity (Wildman–Crippen MR) is 142 cm³/mol. The van der Waals surface area contributed by atoms with Gasteiger partial charge < -0.3 is 0 Å². The summed E-state index contributed by atoms with van der Waals surface area (Å²) in [5, 5.41) is 0. The molecule has 2 aliphatic rings. The summed E-state index contributed by atoms with van der Waals surface area (Å²) in [5.74, 6) is -2.92. The summed E-state index contributed by atoms with van der Waals surface area (Å²) < 4.78 is 59.0. The van der Waals surface area contributed by atoms with E-state index in [1.54, 1.807) is 18.2 Å². The monoisotopic (exact) mass is 502 g/mol. The summed E-state index contributed by atoms with van der Waals surface area (Å²) >= 11 is 0. The van der Waals surface area contributed by atoms with Crippen molar-refractivity contribution in [3.63, 3.8) is 0 Å². The minimum absolute atomic E-state index is 0.0120. The molecule has 2 aliphatic carbocycles. The quantitative estimate of drug-likeness (QED) is 0.143. The molecule has 0 nitrogen and oxygen atoms in total. The molecule has 36 heavy (non-hydrogen) atoms. The lowest BCUT2D eigenvalue weighted by atomic mass is 9.73. The Hall–Kier alpha value is -2.10. The third-order valence-corrected chi connectivity index (χ3v) is 8.11. The number of allylic oxidation sites excluding steroid dienone is 6. The third kappa shape index (κ3) is 7.23. The van der Waals surface area contributed by atoms with Crippen LogP contribution in [0, 0.1) is 29.4 Å². The molecule has 0 aliphatic heterocycles. The number of hydrogen-bond acceptors (Lipinski definition) is 0. The van der Waals surface area contributed by atoms with Gasteiger partial charge in [-0.15, -0.1) is 6.58 Å². The number of aryl methyl sites for hydroxylation is 2. The van der Waals surface area contributed by atoms with Crippen molar-refractivity contribution in [2.45, 2.75) is 96.8 Å². The van der Waals surface area contributed by atoms with Crippen LogP contribution in [0.5, 0.6) is 0 Å². The van der Waals surface area contributed by atoms with Gasteiger partial charge in [-0.3, -0.25) is 0 Å². The van der Waals surface area contributed by atoms with Crippen LogP contribution in [0.4, 0.5) is 17.6 Å². The average molecular weight is 503 g/mol. The number of rotatable bonds is 13. The van der Waals surface area contributed by atoms with Crippen molar-refractivity contribution in [2.75, 3.05) is 0 Å². The summed E-state index contributed by atoms with van der Waals surface area (Å²) in [6, 6.07) is 3.47. The molecule has 1 saturated carbocycles. The maximum absolute atomic E-state index is 15.0. The van der Waals surface area contributed by atoms with E-state index in [2.05, 4.69) is 20.1 Å². The largest absolute Gasteiger partial charge is 0.208 e. The maximum atomic E-state index is 15.0. The van der Waals surface area contributed by atoms with E-state index in [-0.39, 0.29) is 5.92 Å². The van der Waals surface area contributed by atoms with Crippen LogP contribution in [-0.2, 0) is 12.8 Å². The van der Waals surface area contributed by atoms with Crippen LogP contribution >= 0.6 is 0 Å². The van der Waals surface area contributed by atoms with Crippen molar-refractivity contribution in [1.82, 2.24) is 0 Å². The van der Waals surface area contributed by atoms with Crippen LogP contribution in [0.3, 0.4) is 0 Å². The van der Waals surface area contributed by atoms with E-state index >= 15 is 4.39 Å². The van der Waals surface area contributed by atoms with Crippen molar-refractivity contribution in [2.24, 2.45) is 17.8 Å². The number of halogens is 4. The fourth-order valence-corrected chi connectivity index (χ4v) is 5.77. The van der Waals surface area contributed by atoms with E-state index < -0.39 is 29.2 Å². The first-order valence-corrected chi connectivity index (χ1v) is 13.9. The van der Waals surface area contributed by atoms with E-state index in [9.17, 15) is 13.2 Å². The van der Waals surface area contributed by atoms with Crippen molar-refractivity contribution >= 4 is 0 Å². The zero-order valence-corrected chi connectivity index (χ0v) is 21.9. The van der Waals surface area contributed by atoms with Crippen molar-refractivity contribution in [1.29, 1.82) is 0 Å². The Morgan fingerprint density at radius 1 is 0.861 bits per heavy atom. The van der Waals surface area contributed by atoms with Gasteiger partial charge in [0.15, 0.2) is 17.5 Å². The Morgan fingerprint density at radius 2 is 1.53 bits per heavy atom. The van der Waals surface area contributed by atoms with Crippen LogP contribution in [0.1, 0.15) is 95.1 Å². The minimum atomic E-state index is -0.703. The van der Waals surface area contributed by atoms with Gasteiger partial charge in [0.1, 0.15) is 5.83 Å². The van der Waals surface area contributed by atoms with Gasteiger partial charge in [-0.05, 0) is 105 Å². The highest BCUT2D eigenvalue weighted by atomic mass is 19.2. The fraction of sp³-hybridized carbons (Fsp3) is 0.562. The Bertz CT molecular complexity index is 963. The van der Waals surface area contributed by atoms with Crippen LogP contribution in [-0.4, -0.2) is 0 Å². The molecule has 0 bridgehead atoms. The highest BCUT2D eigenvalue weighted by Gasteiger charge is 2.33. The fourth-order valence-electron chi connectivity index (χ4n) is 5.77. The molecule has 1 atom stereocenters. The van der Waals surface area contributed by atoms with Gasteiger partial charge in [0, 0.05) is 5.92 Å². The summed E-state index contributed by atoms with van der Waals surface area (Å²) in [6.07, 6.45) is 14.9. The second-order valence-corrected chi connectivity index (χ2v) is 10.7. The van der Waals surface area contributed by atoms with Crippen LogP contribution < -0.4 is 0 Å². The second kappa shape index (κ2) is 14.0. The first-order chi connectivity index (χ1) is 17.4. The molecule has 0 aromatic heterocycles. The molecule has 4 heteroatoms. The van der Waals surface area contributed by atoms with Crippen LogP contribution in [0.15, 0.2) is 60.2 Å². The average Bonchev–Trinajstić information content (AvgIpc) is 2.88. The molecule has 3 rings (SSSR count). The Morgan fingerprint density at radius 3 is 2.17 bits per heavy atom. The molecule has 198 valence electrons. The summed E-state index contributed by atoms with van der Waals surface area (Å²) in [7, 11) is 0. The molecule has 0 radical (unpaired) electrons. The molecule has 1 fully saturated rings. The molecular weight excluding hydrogens is 460 g/mol. The zero-order valence-electron chi connectivity index (χ0n) is 21.9. The van der Waals surface area contributed by atoms with Gasteiger partial charge in [0.2, 0.25) is 0 Å². The minimum Gasteiger partial charge on any atom is -0.208 e. The first-order valence-electron chi connectivity index (χ1n) is 13.9. The first kappa shape index (κ1) is 28.5. The van der Waals surface area contributed by atoms with Gasteiger partial charge in [0.25, 0.3) is 0 Å². The Kier molecular flexibility index (Phi) is 11.1. The molecule has 1 aromatic rings. The van der Waals surface area contributed by atoms with Gasteiger partial charge in [-0.1, -0.05) is 57.0 Å². The standard InChI is InChI=1S/C32H42F4/c1-4-6-8-10-12-27-22(3)21-28(32(36)31(27)35)24-16-13-23(14-17-24)15-18-26-20-19-25(11-9-7-5-2)29(33)30(26)34/h4,19-21,23-24,27H,1,3,5-18H2,2H3. The van der Waals surface area contributed by atoms with Gasteiger partial charge in [0.05, 0.1) is 0 Å². The van der Waals surface area contributed by atoms with Gasteiger partial charge in [-0.25, -0.2) is 17.6 Å². The highest BCUT2D eigenvalue weighted by molar-refractivity contribution is 5.45. The van der Waals surface area contributed by atoms with E-state index in [0.717, 1.165) is 70.6 Å². The summed E-state index contributed by atoms with van der Waals surface area (Å²) in [5.41, 5.74) is 2.04. The summed E-state index contributed by atoms with van der Waals surface area (Å²) in [4.78, 5) is 0. The van der Waals surface area contributed by atoms with Gasteiger partial charge in [-0.2, -0.15) is 0 Å². The van der Waals surface area contributed by atoms with Gasteiger partial charge >= 0.3 is 0 Å². The lowest BCUT2D eigenvalue weighted by Gasteiger charge is -2.32. The molecule has 0 spiro atoms. The number of unbranched alkanes of at least 4 members (excludes halogenated alkanes) is 4. The van der Waals surface area contributed by atoms with E-state index in [1.165, 1.54) is 0 Å². The topological polar surface area (TPSA) is 0 Å². The number of hydrogen-bond donors (Lipinski definition) is 0. The van der Waals surface area contributed by atoms with Crippen molar-refractivity contribution in [3.05, 3.63) is 83.0 Å². The molecule has 0 N–H and O–H groups in total. The smallest absolute Gasteiger partial charge is 0.162 e.